The van der Waals surface area contributed by atoms with Crippen molar-refractivity contribution in [2.75, 3.05) is 103 Å². The Morgan fingerprint density at radius 1 is 0.536 bits per heavy atom. The summed E-state index contributed by atoms with van der Waals surface area (Å²) in [6.45, 7) is 32.1. The summed E-state index contributed by atoms with van der Waals surface area (Å²) in [4.78, 5) is 175. The molecule has 556 valence electrons. The van der Waals surface area contributed by atoms with E-state index in [2.05, 4.69) is 26.2 Å². The molecule has 0 spiro atoms. The van der Waals surface area contributed by atoms with Crippen LogP contribution >= 0.6 is 0 Å². The topological polar surface area (TPSA) is 310 Å². The minimum absolute atomic E-state index is 0.0473. The Hall–Kier alpha value is -6.29. The molecule has 2 aliphatic rings. The largest absolute Gasteiger partial charge is 0.390 e. The molecule has 0 aromatic heterocycles. The number of carbonyl (C=O) groups is 11. The molecule has 0 bridgehead atoms. The number of nitrogens with zero attached hydrogens (tertiary/aromatic N) is 8. The number of aliphatic hydroxyl groups is 1. The number of aliphatic hydroxyl groups excluding tert-OH is 1. The third-order valence-electron chi connectivity index (χ3n) is 18.9. The number of likely N-dealkylation sites (N-methyl/N-ethyl adjacent to an activating group) is 7. The van der Waals surface area contributed by atoms with Crippen molar-refractivity contribution in [2.24, 2.45) is 35.5 Å². The van der Waals surface area contributed by atoms with E-state index in [1.807, 2.05) is 41.5 Å². The van der Waals surface area contributed by atoms with Crippen LogP contribution in [0.25, 0.3) is 0 Å². The van der Waals surface area contributed by atoms with Gasteiger partial charge < -0.3 is 74.9 Å². The number of carbonyl (C=O) groups excluding carboxylic acids is 11. The van der Waals surface area contributed by atoms with Crippen molar-refractivity contribution in [3.8, 4) is 0 Å². The van der Waals surface area contributed by atoms with Crippen molar-refractivity contribution in [3.63, 3.8) is 0 Å². The average molecular weight is 1380 g/mol. The van der Waals surface area contributed by atoms with Gasteiger partial charge in [0.25, 0.3) is 0 Å². The van der Waals surface area contributed by atoms with Crippen LogP contribution in [0.5, 0.6) is 0 Å². The molecule has 0 unspecified atom stereocenters. The molecule has 27 nitrogen and oxygen atoms in total. The number of nitrogens with one attached hydrogen (secondary N) is 4. The molecule has 2 rings (SSSR count). The number of amides is 11. The monoisotopic (exact) mass is 1370 g/mol. The smallest absolute Gasteiger partial charge is 0.248 e. The highest BCUT2D eigenvalue weighted by Crippen LogP contribution is 2.27. The third kappa shape index (κ3) is 24.8. The first-order valence-corrected chi connectivity index (χ1v) is 34.9. The first-order chi connectivity index (χ1) is 45.0. The second-order valence-corrected chi connectivity index (χ2v) is 29.4. The Balaban J connectivity index is 3.14. The van der Waals surface area contributed by atoms with Crippen LogP contribution in [0, 0.1) is 35.5 Å². The highest BCUT2D eigenvalue weighted by molar-refractivity contribution is 6.00. The number of ether oxygens (including phenoxy) is 3. The highest BCUT2D eigenvalue weighted by Gasteiger charge is 2.47. The lowest BCUT2D eigenvalue weighted by Gasteiger charge is -2.41. The molecule has 5 N–H and O–H groups in total. The zero-order chi connectivity index (χ0) is 74.4. The van der Waals surface area contributed by atoms with Gasteiger partial charge in [-0.05, 0) is 102 Å². The van der Waals surface area contributed by atoms with E-state index >= 15 is 33.6 Å². The van der Waals surface area contributed by atoms with Crippen LogP contribution in [0.2, 0.25) is 0 Å². The summed E-state index contributed by atoms with van der Waals surface area (Å²) in [7, 11) is 11.3. The van der Waals surface area contributed by atoms with Gasteiger partial charge in [0.15, 0.2) is 0 Å². The molecule has 11 amide bonds. The second-order valence-electron chi connectivity index (χ2n) is 29.4. The normalized spacial score (nSPS) is 27.1. The maximum Gasteiger partial charge on any atom is 0.248 e. The predicted octanol–water partition coefficient (Wildman–Crippen LogP) is 2.76. The third-order valence-corrected chi connectivity index (χ3v) is 18.9. The lowest BCUT2D eigenvalue weighted by molar-refractivity contribution is -0.157. The van der Waals surface area contributed by atoms with E-state index in [1.54, 1.807) is 74.5 Å². The Bertz CT molecular complexity index is 2650. The quantitative estimate of drug-likeness (QED) is 0.0815. The minimum atomic E-state index is -1.67. The van der Waals surface area contributed by atoms with Gasteiger partial charge in [-0.3, -0.25) is 57.6 Å². The van der Waals surface area contributed by atoms with E-state index in [1.165, 1.54) is 94.8 Å². The molecule has 0 radical (unpaired) electrons. The van der Waals surface area contributed by atoms with Gasteiger partial charge in [0.05, 0.1) is 38.1 Å². The summed E-state index contributed by atoms with van der Waals surface area (Å²) in [5.74, 6) is -10.3. The summed E-state index contributed by atoms with van der Waals surface area (Å²) >= 11 is 0. The van der Waals surface area contributed by atoms with Crippen molar-refractivity contribution < 1.29 is 72.1 Å². The number of allylic oxidation sites excluding steroid dienone is 2. The number of hydrogen-bond donors (Lipinski definition) is 5. The van der Waals surface area contributed by atoms with Crippen LogP contribution in [0.4, 0.5) is 0 Å². The van der Waals surface area contributed by atoms with Gasteiger partial charge in [0.2, 0.25) is 65.0 Å². The first-order valence-electron chi connectivity index (χ1n) is 34.9. The number of methoxy groups -OCH3 is 1. The van der Waals surface area contributed by atoms with Crippen molar-refractivity contribution in [1.82, 2.24) is 60.5 Å². The van der Waals surface area contributed by atoms with Crippen LogP contribution in [-0.4, -0.2) is 290 Å². The van der Waals surface area contributed by atoms with Gasteiger partial charge in [-0.2, -0.15) is 0 Å². The Morgan fingerprint density at radius 3 is 1.48 bits per heavy atom. The number of morpholine rings is 1. The van der Waals surface area contributed by atoms with Crippen LogP contribution in [-0.2, 0) is 67.0 Å². The van der Waals surface area contributed by atoms with E-state index in [-0.39, 0.29) is 69.5 Å². The molecule has 2 fully saturated rings. The van der Waals surface area contributed by atoms with Gasteiger partial charge in [-0.1, -0.05) is 95.2 Å². The Kier molecular flexibility index (Phi) is 35.9. The molecule has 2 heterocycles. The summed E-state index contributed by atoms with van der Waals surface area (Å²) in [6, 6.07) is -14.5. The van der Waals surface area contributed by atoms with Gasteiger partial charge in [0, 0.05) is 82.5 Å². The standard InChI is InChI=1S/C70H126N12O15/c1-26-28-29-46(13)58(83)57-62(87)73-49(27-2)64(89)79(22)54(40-97-35-32-82-30-33-96-34-31-82)67(92)78(21)53(39-70(16,17)95-25)61(86)74-55(44(9)10)68(93)75(18)50(36-41(3)4)60(85)71-47(14)59(84)72-48(15)63(88)76(19)51(37-42(5)6)65(90)77(20)52(38-43(7)8)66(91)80(23)56(45(11)12)69(94)81(57)24/h26,28,41-58,83H,27,29-40H2,1-25H3,(H,71,85)(H,72,84)(H,73,87)(H,74,86)/t46-,47+,48-,49+,50+,51+,52+,53+,54-,55+,56+,57+,58-/m1/s1. The molecular formula is C70H126N12O15. The van der Waals surface area contributed by atoms with E-state index < -0.39 is 161 Å². The van der Waals surface area contributed by atoms with E-state index in [4.69, 9.17) is 14.2 Å². The zero-order valence-corrected chi connectivity index (χ0v) is 63.5. The second kappa shape index (κ2) is 40.1. The number of rotatable bonds is 21. The highest BCUT2D eigenvalue weighted by atomic mass is 16.5. The first kappa shape index (κ1) is 86.8. The van der Waals surface area contributed by atoms with Crippen LogP contribution in [0.15, 0.2) is 12.2 Å². The van der Waals surface area contributed by atoms with Crippen molar-refractivity contribution >= 4 is 65.0 Å². The number of hydrogen-bond acceptors (Lipinski definition) is 16. The van der Waals surface area contributed by atoms with Crippen LogP contribution in [0.3, 0.4) is 0 Å². The van der Waals surface area contributed by atoms with E-state index in [9.17, 15) is 24.3 Å². The lowest BCUT2D eigenvalue weighted by atomic mass is 9.91. The summed E-state index contributed by atoms with van der Waals surface area (Å²) in [5, 5.41) is 23.5. The zero-order valence-electron chi connectivity index (χ0n) is 63.5. The van der Waals surface area contributed by atoms with Crippen molar-refractivity contribution in [2.45, 2.75) is 234 Å². The summed E-state index contributed by atoms with van der Waals surface area (Å²) in [6.07, 6.45) is 2.53. The maximum atomic E-state index is 15.5. The van der Waals surface area contributed by atoms with Gasteiger partial charge in [-0.25, -0.2) is 0 Å². The fraction of sp³-hybridized carbons (Fsp3) is 0.814. The van der Waals surface area contributed by atoms with Gasteiger partial charge >= 0.3 is 0 Å². The van der Waals surface area contributed by atoms with Crippen LogP contribution in [0.1, 0.15) is 156 Å². The molecule has 27 heteroatoms. The van der Waals surface area contributed by atoms with Crippen molar-refractivity contribution in [1.29, 1.82) is 0 Å². The maximum absolute atomic E-state index is 15.5. The van der Waals surface area contributed by atoms with Crippen LogP contribution < -0.4 is 21.3 Å². The molecule has 0 aliphatic carbocycles. The fourth-order valence-corrected chi connectivity index (χ4v) is 12.3. The Morgan fingerprint density at radius 2 is 0.990 bits per heavy atom. The van der Waals surface area contributed by atoms with E-state index in [0.29, 0.717) is 32.8 Å². The molecule has 13 atom stereocenters. The molecule has 0 saturated carbocycles. The molecule has 2 aliphatic heterocycles. The lowest BCUT2D eigenvalue weighted by Crippen LogP contribution is -2.64. The summed E-state index contributed by atoms with van der Waals surface area (Å²) < 4.78 is 17.6. The SMILES string of the molecule is CC=CC[C@@H](C)[C@@H](O)[C@H]1C(=O)N[C@@H](CC)C(=O)N(C)[C@H](COCCN2CCOCC2)C(=O)N(C)[C@@H](CC(C)(C)OC)C(=O)N[C@@H](C(C)C)C(=O)N(C)[C@@H](CC(C)C)C(=O)N[C@@H](C)C(=O)N[C@H](C)C(=O)N(C)[C@@H](CC(C)C)C(=O)N(C)[C@@H](CC(C)C)C(=O)N(C)[C@@H](C(C)C)C(=O)N1C. The van der Waals surface area contributed by atoms with Crippen molar-refractivity contribution in [3.05, 3.63) is 12.2 Å². The van der Waals surface area contributed by atoms with Gasteiger partial charge in [-0.15, -0.1) is 0 Å². The molecular weight excluding hydrogens is 1250 g/mol. The van der Waals surface area contributed by atoms with Gasteiger partial charge in [0.1, 0.15) is 66.5 Å². The molecule has 0 aromatic carbocycles. The molecule has 2 saturated heterocycles. The fourth-order valence-electron chi connectivity index (χ4n) is 12.3. The van der Waals surface area contributed by atoms with E-state index in [0.717, 1.165) is 9.80 Å². The Labute approximate surface area is 579 Å². The molecule has 0 aromatic rings. The average Bonchev–Trinajstić information content (AvgIpc) is 0.815. The minimum Gasteiger partial charge on any atom is -0.390 e. The predicted molar refractivity (Wildman–Crippen MR) is 372 cm³/mol. The molecule has 97 heavy (non-hydrogen) atoms. The summed E-state index contributed by atoms with van der Waals surface area (Å²) in [5.41, 5.74) is -1.07.